The van der Waals surface area contributed by atoms with Gasteiger partial charge in [-0.05, 0) is 46.1 Å². The van der Waals surface area contributed by atoms with Crippen molar-refractivity contribution in [2.75, 3.05) is 0 Å². The number of aromatic carboxylic acids is 2. The first-order valence-corrected chi connectivity index (χ1v) is 11.4. The van der Waals surface area contributed by atoms with E-state index in [0.29, 0.717) is 34.6 Å². The first kappa shape index (κ1) is 30.1. The Morgan fingerprint density at radius 1 is 1.09 bits per heavy atom. The molecule has 0 fully saturated rings. The Bertz CT molecular complexity index is 1390. The van der Waals surface area contributed by atoms with E-state index in [1.165, 1.54) is 10.7 Å². The molecule has 0 unspecified atom stereocenters. The number of para-hydroxylation sites is 1. The molecule has 0 aliphatic heterocycles. The summed E-state index contributed by atoms with van der Waals surface area (Å²) in [6.45, 7) is 2.34. The van der Waals surface area contributed by atoms with Crippen molar-refractivity contribution in [2.45, 2.75) is 32.7 Å². The standard InChI is InChI=1S/C23H20BrClN4O4.2Na/c1-2-3-8-18-26-19(23(32)33)21(25)28(18)12-13-9-10-16-15(11-13)20(24)29(27-16)17-7-5-4-6-14(17)22(30)31;;/h4-7,9-11H,2-3,8,12H2,1H3,(H,30,31)(H,32,33);;/q;2*+1/p-2. The number of rotatable bonds is 8. The number of aromatic nitrogens is 4. The maximum Gasteiger partial charge on any atom is 1.00 e. The van der Waals surface area contributed by atoms with Crippen molar-refractivity contribution in [1.29, 1.82) is 0 Å². The third kappa shape index (κ3) is 6.22. The smallest absolute Gasteiger partial charge is 0.545 e. The Morgan fingerprint density at radius 3 is 2.46 bits per heavy atom. The van der Waals surface area contributed by atoms with Gasteiger partial charge in [0.1, 0.15) is 21.3 Å². The van der Waals surface area contributed by atoms with E-state index >= 15 is 0 Å². The van der Waals surface area contributed by atoms with E-state index in [1.807, 2.05) is 25.1 Å². The fraction of sp³-hybridized carbons (Fsp3) is 0.217. The van der Waals surface area contributed by atoms with Crippen molar-refractivity contribution in [1.82, 2.24) is 19.3 Å². The Morgan fingerprint density at radius 2 is 1.80 bits per heavy atom. The number of fused-ring (bicyclic) bond motifs is 1. The molecule has 0 bridgehead atoms. The van der Waals surface area contributed by atoms with Crippen LogP contribution in [-0.2, 0) is 13.0 Å². The van der Waals surface area contributed by atoms with Crippen LogP contribution in [0.2, 0.25) is 5.15 Å². The Hall–Kier alpha value is -1.17. The van der Waals surface area contributed by atoms with E-state index < -0.39 is 11.9 Å². The molecule has 0 radical (unpaired) electrons. The predicted molar refractivity (Wildman–Crippen MR) is 122 cm³/mol. The van der Waals surface area contributed by atoms with E-state index in [4.69, 9.17) is 11.6 Å². The molecule has 4 rings (SSSR count). The number of carboxylic acids is 2. The number of benzene rings is 2. The summed E-state index contributed by atoms with van der Waals surface area (Å²) in [4.78, 5) is 27.1. The van der Waals surface area contributed by atoms with Crippen LogP contribution in [0.1, 0.15) is 52.0 Å². The van der Waals surface area contributed by atoms with Crippen LogP contribution in [-0.4, -0.2) is 31.3 Å². The van der Waals surface area contributed by atoms with Crippen LogP contribution < -0.4 is 69.3 Å². The van der Waals surface area contributed by atoms with Crippen molar-refractivity contribution < 1.29 is 78.9 Å². The Labute approximate surface area is 259 Å². The third-order valence-electron chi connectivity index (χ3n) is 5.30. The molecule has 4 aromatic rings. The maximum atomic E-state index is 11.5. The molecule has 170 valence electrons. The Balaban J connectivity index is 0.00000216. The van der Waals surface area contributed by atoms with Crippen LogP contribution >= 0.6 is 27.5 Å². The van der Waals surface area contributed by atoms with Gasteiger partial charge in [0.15, 0.2) is 0 Å². The molecule has 2 heterocycles. The normalized spacial score (nSPS) is 10.6. The summed E-state index contributed by atoms with van der Waals surface area (Å²) in [6.07, 6.45) is 2.36. The van der Waals surface area contributed by atoms with Crippen LogP contribution in [0, 0.1) is 0 Å². The van der Waals surface area contributed by atoms with Crippen LogP contribution in [0.15, 0.2) is 47.1 Å². The monoisotopic (exact) mass is 574 g/mol. The van der Waals surface area contributed by atoms with Crippen molar-refractivity contribution in [3.8, 4) is 5.69 Å². The zero-order valence-corrected chi connectivity index (χ0v) is 25.9. The molecule has 8 nitrogen and oxygen atoms in total. The first-order valence-electron chi connectivity index (χ1n) is 10.3. The van der Waals surface area contributed by atoms with Crippen LogP contribution in [0.3, 0.4) is 0 Å². The average Bonchev–Trinajstić information content (AvgIpc) is 3.29. The quantitative estimate of drug-likeness (QED) is 0.204. The van der Waals surface area contributed by atoms with Crippen molar-refractivity contribution in [2.24, 2.45) is 0 Å². The van der Waals surface area contributed by atoms with Gasteiger partial charge in [-0.3, -0.25) is 0 Å². The molecule has 0 aliphatic carbocycles. The summed E-state index contributed by atoms with van der Waals surface area (Å²) in [5.41, 5.74) is 1.62. The molecule has 12 heteroatoms. The van der Waals surface area contributed by atoms with Gasteiger partial charge in [-0.2, -0.15) is 5.10 Å². The number of carbonyl (C=O) groups excluding carboxylic acids is 2. The molecule has 0 atom stereocenters. The second-order valence-corrected chi connectivity index (χ2v) is 8.61. The maximum absolute atomic E-state index is 11.5. The van der Waals surface area contributed by atoms with Crippen molar-refractivity contribution >= 4 is 50.4 Å². The number of hydrogen-bond donors (Lipinski definition) is 0. The molecule has 0 N–H and O–H groups in total. The van der Waals surface area contributed by atoms with Crippen LogP contribution in [0.5, 0.6) is 0 Å². The summed E-state index contributed by atoms with van der Waals surface area (Å²) in [5.74, 6) is -2.13. The summed E-state index contributed by atoms with van der Waals surface area (Å²) < 4.78 is 3.75. The fourth-order valence-corrected chi connectivity index (χ4v) is 4.53. The number of unbranched alkanes of at least 4 members (excludes halogenated alkanes) is 1. The number of carboxylic acid groups (broad SMARTS) is 2. The van der Waals surface area contributed by atoms with E-state index in [2.05, 4.69) is 26.0 Å². The fourth-order valence-electron chi connectivity index (χ4n) is 3.67. The summed E-state index contributed by atoms with van der Waals surface area (Å²) in [7, 11) is 0. The molecule has 35 heavy (non-hydrogen) atoms. The second-order valence-electron chi connectivity index (χ2n) is 7.50. The first-order chi connectivity index (χ1) is 15.8. The minimum absolute atomic E-state index is 0. The van der Waals surface area contributed by atoms with Gasteiger partial charge < -0.3 is 24.4 Å². The second kappa shape index (κ2) is 12.9. The Kier molecular flexibility index (Phi) is 11.1. The van der Waals surface area contributed by atoms with Gasteiger partial charge in [-0.15, -0.1) is 0 Å². The van der Waals surface area contributed by atoms with E-state index in [9.17, 15) is 19.8 Å². The van der Waals surface area contributed by atoms with Gasteiger partial charge in [-0.25, -0.2) is 9.67 Å². The van der Waals surface area contributed by atoms with Gasteiger partial charge in [0.2, 0.25) is 0 Å². The molecule has 0 saturated heterocycles. The van der Waals surface area contributed by atoms with Gasteiger partial charge in [0.25, 0.3) is 0 Å². The minimum atomic E-state index is -1.41. The average molecular weight is 576 g/mol. The van der Waals surface area contributed by atoms with Gasteiger partial charge in [0, 0.05) is 17.4 Å². The molecular weight excluding hydrogens is 558 g/mol. The summed E-state index contributed by atoms with van der Waals surface area (Å²) in [6, 6.07) is 12.0. The zero-order chi connectivity index (χ0) is 23.7. The molecule has 0 saturated carbocycles. The SMILES string of the molecule is CCCCc1nc(C(=O)[O-])c(Cl)n1Cc1ccc2nn(-c3ccccc3C(=O)[O-])c(Br)c2c1.[Na+].[Na+]. The summed E-state index contributed by atoms with van der Waals surface area (Å²) in [5, 5.41) is 28.3. The van der Waals surface area contributed by atoms with E-state index in [1.54, 1.807) is 22.8 Å². The topological polar surface area (TPSA) is 116 Å². The van der Waals surface area contributed by atoms with Gasteiger partial charge >= 0.3 is 59.1 Å². The molecular formula is C23H18BrClN4Na2O4. The number of imidazole rings is 1. The third-order valence-corrected chi connectivity index (χ3v) is 6.45. The van der Waals surface area contributed by atoms with Gasteiger partial charge in [0.05, 0.1) is 29.7 Å². The molecule has 2 aromatic carbocycles. The van der Waals surface area contributed by atoms with Crippen LogP contribution in [0.25, 0.3) is 16.6 Å². The number of hydrogen-bond acceptors (Lipinski definition) is 6. The molecule has 0 spiro atoms. The molecule has 2 aromatic heterocycles. The summed E-state index contributed by atoms with van der Waals surface area (Å²) >= 11 is 9.86. The molecule has 0 amide bonds. The van der Waals surface area contributed by atoms with Gasteiger partial charge in [-0.1, -0.05) is 49.2 Å². The number of carbonyl (C=O) groups is 2. The number of aryl methyl sites for hydroxylation is 1. The van der Waals surface area contributed by atoms with Crippen molar-refractivity contribution in [3.63, 3.8) is 0 Å². The van der Waals surface area contributed by atoms with Crippen LogP contribution in [0.4, 0.5) is 0 Å². The largest absolute Gasteiger partial charge is 1.00 e. The van der Waals surface area contributed by atoms with Crippen molar-refractivity contribution in [3.05, 3.63) is 74.9 Å². The minimum Gasteiger partial charge on any atom is -0.545 e. The predicted octanol–water partition coefficient (Wildman–Crippen LogP) is -3.24. The number of nitrogens with zero attached hydrogens (tertiary/aromatic N) is 4. The number of halogens is 2. The zero-order valence-electron chi connectivity index (χ0n) is 19.5. The van der Waals surface area contributed by atoms with E-state index in [-0.39, 0.29) is 75.5 Å². The molecule has 0 aliphatic rings. The van der Waals surface area contributed by atoms with E-state index in [0.717, 1.165) is 23.8 Å².